The van der Waals surface area contributed by atoms with Gasteiger partial charge in [-0.05, 0) is 22.4 Å². The van der Waals surface area contributed by atoms with Gasteiger partial charge >= 0.3 is 5.76 Å². The molecule has 0 aliphatic heterocycles. The van der Waals surface area contributed by atoms with E-state index in [-0.39, 0.29) is 5.76 Å². The molecule has 0 atom stereocenters. The molecule has 140 valence electrons. The van der Waals surface area contributed by atoms with Crippen LogP contribution in [0.4, 0.5) is 0 Å². The molecule has 0 fully saturated rings. The van der Waals surface area contributed by atoms with E-state index in [4.69, 9.17) is 4.42 Å². The van der Waals surface area contributed by atoms with Gasteiger partial charge in [-0.15, -0.1) is 0 Å². The minimum atomic E-state index is -0.351. The third kappa shape index (κ3) is 3.27. The Hall–Kier alpha value is -3.85. The fourth-order valence-corrected chi connectivity index (χ4v) is 3.72. The van der Waals surface area contributed by atoms with Gasteiger partial charge in [-0.3, -0.25) is 4.57 Å². The largest absolute Gasteiger partial charge is 0.420 e. The van der Waals surface area contributed by atoms with Crippen LogP contribution in [0.25, 0.3) is 33.4 Å². The molecule has 0 aliphatic rings. The van der Waals surface area contributed by atoms with Crippen molar-refractivity contribution in [3.05, 3.63) is 119 Å². The number of rotatable bonds is 4. The first-order valence-corrected chi connectivity index (χ1v) is 9.62. The highest BCUT2D eigenvalue weighted by atomic mass is 16.4. The Morgan fingerprint density at radius 3 is 2.07 bits per heavy atom. The SMILES string of the molecule is O=c1oc(-c2ccc3ccccc3c2)c(-c2ccccc2)n1Cc1ccccc1. The summed E-state index contributed by atoms with van der Waals surface area (Å²) in [6.07, 6.45) is 0. The van der Waals surface area contributed by atoms with Crippen LogP contribution in [0, 0.1) is 0 Å². The summed E-state index contributed by atoms with van der Waals surface area (Å²) in [6.45, 7) is 0.459. The zero-order chi connectivity index (χ0) is 19.6. The summed E-state index contributed by atoms with van der Waals surface area (Å²) in [4.78, 5) is 12.9. The Morgan fingerprint density at radius 1 is 0.655 bits per heavy atom. The first-order valence-electron chi connectivity index (χ1n) is 9.62. The molecule has 3 nitrogen and oxygen atoms in total. The lowest BCUT2D eigenvalue weighted by Gasteiger charge is -2.09. The van der Waals surface area contributed by atoms with Crippen molar-refractivity contribution in [1.29, 1.82) is 0 Å². The van der Waals surface area contributed by atoms with Crippen molar-refractivity contribution in [2.45, 2.75) is 6.54 Å². The Morgan fingerprint density at radius 2 is 1.31 bits per heavy atom. The summed E-state index contributed by atoms with van der Waals surface area (Å²) >= 11 is 0. The maximum absolute atomic E-state index is 12.9. The maximum Gasteiger partial charge on any atom is 0.420 e. The summed E-state index contributed by atoms with van der Waals surface area (Å²) in [5.41, 5.74) is 3.70. The van der Waals surface area contributed by atoms with E-state index < -0.39 is 0 Å². The molecule has 1 heterocycles. The molecule has 29 heavy (non-hydrogen) atoms. The van der Waals surface area contributed by atoms with Gasteiger partial charge in [0, 0.05) is 11.1 Å². The van der Waals surface area contributed by atoms with Crippen LogP contribution in [-0.2, 0) is 6.54 Å². The van der Waals surface area contributed by atoms with Gasteiger partial charge < -0.3 is 4.42 Å². The highest BCUT2D eigenvalue weighted by molar-refractivity contribution is 5.88. The quantitative estimate of drug-likeness (QED) is 0.386. The van der Waals surface area contributed by atoms with Crippen molar-refractivity contribution in [2.75, 3.05) is 0 Å². The molecule has 0 N–H and O–H groups in total. The summed E-state index contributed by atoms with van der Waals surface area (Å²) in [5.74, 6) is 0.249. The molecule has 0 amide bonds. The second-order valence-corrected chi connectivity index (χ2v) is 7.05. The van der Waals surface area contributed by atoms with Gasteiger partial charge in [0.05, 0.1) is 12.2 Å². The van der Waals surface area contributed by atoms with Gasteiger partial charge in [-0.25, -0.2) is 4.79 Å². The van der Waals surface area contributed by atoms with E-state index in [0.29, 0.717) is 12.3 Å². The van der Waals surface area contributed by atoms with E-state index in [2.05, 4.69) is 24.3 Å². The maximum atomic E-state index is 12.9. The van der Waals surface area contributed by atoms with E-state index in [1.165, 1.54) is 0 Å². The number of benzene rings is 4. The minimum Gasteiger partial charge on any atom is -0.407 e. The molecule has 0 aliphatic carbocycles. The van der Waals surface area contributed by atoms with Crippen molar-refractivity contribution in [1.82, 2.24) is 4.57 Å². The number of hydrogen-bond acceptors (Lipinski definition) is 2. The highest BCUT2D eigenvalue weighted by Crippen LogP contribution is 2.33. The molecule has 5 rings (SSSR count). The molecule has 0 unspecified atom stereocenters. The van der Waals surface area contributed by atoms with E-state index in [1.54, 1.807) is 4.57 Å². The first-order chi connectivity index (χ1) is 14.3. The molecule has 4 aromatic carbocycles. The number of oxazole rings is 1. The predicted octanol–water partition coefficient (Wildman–Crippen LogP) is 5.98. The van der Waals surface area contributed by atoms with E-state index in [0.717, 1.165) is 33.2 Å². The topological polar surface area (TPSA) is 35.1 Å². The van der Waals surface area contributed by atoms with E-state index >= 15 is 0 Å². The second-order valence-electron chi connectivity index (χ2n) is 7.05. The lowest BCUT2D eigenvalue weighted by Crippen LogP contribution is -2.16. The molecular formula is C26H19NO2. The Balaban J connectivity index is 1.72. The number of hydrogen-bond donors (Lipinski definition) is 0. The van der Waals surface area contributed by atoms with Crippen LogP contribution in [-0.4, -0.2) is 4.57 Å². The standard InChI is InChI=1S/C26H19NO2/c28-26-27(18-19-9-3-1-4-10-19)24(21-12-5-2-6-13-21)25(29-26)23-16-15-20-11-7-8-14-22(20)17-23/h1-17H,18H2. The van der Waals surface area contributed by atoms with Crippen LogP contribution < -0.4 is 5.76 Å². The van der Waals surface area contributed by atoms with Crippen molar-refractivity contribution in [2.24, 2.45) is 0 Å². The Labute approximate surface area is 168 Å². The van der Waals surface area contributed by atoms with Crippen molar-refractivity contribution < 1.29 is 4.42 Å². The van der Waals surface area contributed by atoms with Gasteiger partial charge in [-0.1, -0.05) is 97.1 Å². The highest BCUT2D eigenvalue weighted by Gasteiger charge is 2.20. The summed E-state index contributed by atoms with van der Waals surface area (Å²) < 4.78 is 7.53. The average molecular weight is 377 g/mol. The van der Waals surface area contributed by atoms with Crippen LogP contribution in [0.1, 0.15) is 5.56 Å². The molecule has 0 spiro atoms. The van der Waals surface area contributed by atoms with E-state index in [1.807, 2.05) is 78.9 Å². The summed E-state index contributed by atoms with van der Waals surface area (Å²) in [7, 11) is 0. The average Bonchev–Trinajstić information content (AvgIpc) is 3.11. The lowest BCUT2D eigenvalue weighted by atomic mass is 10.0. The molecule has 0 saturated heterocycles. The Kier molecular flexibility index (Phi) is 4.34. The number of fused-ring (bicyclic) bond motifs is 1. The summed E-state index contributed by atoms with van der Waals surface area (Å²) in [6, 6.07) is 34.2. The lowest BCUT2D eigenvalue weighted by molar-refractivity contribution is 0.497. The van der Waals surface area contributed by atoms with Gasteiger partial charge in [0.25, 0.3) is 0 Å². The molecule has 3 heteroatoms. The summed E-state index contributed by atoms with van der Waals surface area (Å²) in [5, 5.41) is 2.27. The van der Waals surface area contributed by atoms with Gasteiger partial charge in [0.15, 0.2) is 5.76 Å². The third-order valence-corrected chi connectivity index (χ3v) is 5.14. The van der Waals surface area contributed by atoms with Crippen LogP contribution >= 0.6 is 0 Å². The monoisotopic (exact) mass is 377 g/mol. The minimum absolute atomic E-state index is 0.351. The fraction of sp³-hybridized carbons (Fsp3) is 0.0385. The van der Waals surface area contributed by atoms with Crippen molar-refractivity contribution >= 4 is 10.8 Å². The van der Waals surface area contributed by atoms with Gasteiger partial charge in [0.2, 0.25) is 0 Å². The smallest absolute Gasteiger partial charge is 0.407 e. The molecule has 1 aromatic heterocycles. The van der Waals surface area contributed by atoms with Crippen LogP contribution in [0.15, 0.2) is 112 Å². The Bertz CT molecular complexity index is 1330. The predicted molar refractivity (Wildman–Crippen MR) is 117 cm³/mol. The number of aromatic nitrogens is 1. The van der Waals surface area contributed by atoms with Crippen molar-refractivity contribution in [3.63, 3.8) is 0 Å². The normalized spacial score (nSPS) is 11.0. The number of nitrogens with zero attached hydrogens (tertiary/aromatic N) is 1. The molecule has 0 bridgehead atoms. The zero-order valence-electron chi connectivity index (χ0n) is 15.8. The zero-order valence-corrected chi connectivity index (χ0v) is 15.8. The van der Waals surface area contributed by atoms with Crippen LogP contribution in [0.3, 0.4) is 0 Å². The van der Waals surface area contributed by atoms with E-state index in [9.17, 15) is 4.79 Å². The van der Waals surface area contributed by atoms with Gasteiger partial charge in [0.1, 0.15) is 0 Å². The molecule has 5 aromatic rings. The third-order valence-electron chi connectivity index (χ3n) is 5.14. The first kappa shape index (κ1) is 17.3. The molecule has 0 radical (unpaired) electrons. The van der Waals surface area contributed by atoms with Gasteiger partial charge in [-0.2, -0.15) is 0 Å². The van der Waals surface area contributed by atoms with Crippen LogP contribution in [0.2, 0.25) is 0 Å². The second kappa shape index (κ2) is 7.28. The molecular weight excluding hydrogens is 358 g/mol. The molecule has 0 saturated carbocycles. The fourth-order valence-electron chi connectivity index (χ4n) is 3.72. The van der Waals surface area contributed by atoms with Crippen LogP contribution in [0.5, 0.6) is 0 Å². The van der Waals surface area contributed by atoms with Crippen molar-refractivity contribution in [3.8, 4) is 22.6 Å².